The quantitative estimate of drug-likeness (QED) is 0.598. The third-order valence-corrected chi connectivity index (χ3v) is 3.77. The number of ether oxygens (including phenoxy) is 2. The first-order chi connectivity index (χ1) is 14.1. The average Bonchev–Trinajstić information content (AvgIpc) is 2.76. The summed E-state index contributed by atoms with van der Waals surface area (Å²) in [6.07, 6.45) is 2.79. The van der Waals surface area contributed by atoms with E-state index in [4.69, 9.17) is 9.47 Å². The molecule has 0 aliphatic carbocycles. The van der Waals surface area contributed by atoms with Crippen molar-refractivity contribution in [3.63, 3.8) is 0 Å². The van der Waals surface area contributed by atoms with Crippen LogP contribution in [0.4, 0.5) is 0 Å². The normalized spacial score (nSPS) is 10.1. The molecule has 1 heterocycles. The number of hydrogen-bond donors (Lipinski definition) is 2. The van der Waals surface area contributed by atoms with Gasteiger partial charge < -0.3 is 9.47 Å². The van der Waals surface area contributed by atoms with Gasteiger partial charge in [0, 0.05) is 6.20 Å². The summed E-state index contributed by atoms with van der Waals surface area (Å²) in [6.45, 7) is 1.97. The highest BCUT2D eigenvalue weighted by molar-refractivity contribution is 5.93. The van der Waals surface area contributed by atoms with Crippen molar-refractivity contribution in [1.82, 2.24) is 20.8 Å². The van der Waals surface area contributed by atoms with Gasteiger partial charge in [-0.2, -0.15) is 0 Å². The second kappa shape index (κ2) is 9.84. The van der Waals surface area contributed by atoms with Crippen LogP contribution in [0.3, 0.4) is 0 Å². The van der Waals surface area contributed by atoms with Gasteiger partial charge in [-0.25, -0.2) is 4.98 Å². The minimum absolute atomic E-state index is 0.0999. The number of nitrogens with zero attached hydrogens (tertiary/aromatic N) is 2. The van der Waals surface area contributed by atoms with Crippen LogP contribution in [0.25, 0.3) is 0 Å². The predicted octanol–water partition coefficient (Wildman–Crippen LogP) is 2.20. The number of carbonyl (C=O) groups excluding carboxylic acids is 2. The fourth-order valence-electron chi connectivity index (χ4n) is 2.26. The van der Waals surface area contributed by atoms with E-state index in [1.807, 2.05) is 30.3 Å². The van der Waals surface area contributed by atoms with Crippen LogP contribution in [-0.4, -0.2) is 28.4 Å². The molecule has 0 aliphatic rings. The molecule has 0 saturated heterocycles. The molecule has 8 nitrogen and oxygen atoms in total. The lowest BCUT2D eigenvalue weighted by atomic mass is 10.2. The topological polar surface area (TPSA) is 102 Å². The van der Waals surface area contributed by atoms with Crippen molar-refractivity contribution in [2.75, 3.05) is 6.61 Å². The van der Waals surface area contributed by atoms with E-state index in [-0.39, 0.29) is 12.3 Å². The standard InChI is InChI=1S/C21H20N4O4/c1-15-11-23-19(12-22-15)21(27)25-24-20(26)14-29-18-9-7-17(8-10-18)28-13-16-5-3-2-4-6-16/h2-12H,13-14H2,1H3,(H,24,26)(H,25,27). The Balaban J connectivity index is 1.39. The Morgan fingerprint density at radius 3 is 2.21 bits per heavy atom. The Morgan fingerprint density at radius 2 is 1.55 bits per heavy atom. The lowest BCUT2D eigenvalue weighted by molar-refractivity contribution is -0.123. The first-order valence-corrected chi connectivity index (χ1v) is 8.87. The molecule has 0 spiro atoms. The van der Waals surface area contributed by atoms with Gasteiger partial charge in [-0.1, -0.05) is 30.3 Å². The van der Waals surface area contributed by atoms with E-state index in [9.17, 15) is 9.59 Å². The summed E-state index contributed by atoms with van der Waals surface area (Å²) in [5.74, 6) is 0.119. The second-order valence-corrected chi connectivity index (χ2v) is 6.08. The molecule has 8 heteroatoms. The van der Waals surface area contributed by atoms with Crippen LogP contribution < -0.4 is 20.3 Å². The zero-order chi connectivity index (χ0) is 20.5. The number of aromatic nitrogens is 2. The van der Waals surface area contributed by atoms with Crippen molar-refractivity contribution in [3.8, 4) is 11.5 Å². The van der Waals surface area contributed by atoms with Crippen molar-refractivity contribution in [2.24, 2.45) is 0 Å². The minimum atomic E-state index is -0.564. The second-order valence-electron chi connectivity index (χ2n) is 6.08. The summed E-state index contributed by atoms with van der Waals surface area (Å²) < 4.78 is 11.1. The lowest BCUT2D eigenvalue weighted by Crippen LogP contribution is -2.44. The number of rotatable bonds is 7. The van der Waals surface area contributed by atoms with Crippen LogP contribution in [0.5, 0.6) is 11.5 Å². The first kappa shape index (κ1) is 19.8. The molecule has 2 amide bonds. The van der Waals surface area contributed by atoms with Crippen LogP contribution in [0, 0.1) is 6.92 Å². The Labute approximate surface area is 167 Å². The van der Waals surface area contributed by atoms with Crippen molar-refractivity contribution >= 4 is 11.8 Å². The monoisotopic (exact) mass is 392 g/mol. The molecule has 1 aromatic heterocycles. The number of carbonyl (C=O) groups is 2. The van der Waals surface area contributed by atoms with Gasteiger partial charge in [0.2, 0.25) is 0 Å². The molecule has 2 aromatic carbocycles. The number of nitrogens with one attached hydrogen (secondary N) is 2. The molecule has 3 rings (SSSR count). The minimum Gasteiger partial charge on any atom is -0.489 e. The van der Waals surface area contributed by atoms with Gasteiger partial charge >= 0.3 is 0 Å². The molecule has 29 heavy (non-hydrogen) atoms. The largest absolute Gasteiger partial charge is 0.489 e. The van der Waals surface area contributed by atoms with Crippen LogP contribution in [-0.2, 0) is 11.4 Å². The highest BCUT2D eigenvalue weighted by Crippen LogP contribution is 2.18. The Kier molecular flexibility index (Phi) is 6.72. The molecule has 2 N–H and O–H groups in total. The molecule has 0 saturated carbocycles. The molecule has 0 radical (unpaired) electrons. The van der Waals surface area contributed by atoms with E-state index < -0.39 is 11.8 Å². The SMILES string of the molecule is Cc1cnc(C(=O)NNC(=O)COc2ccc(OCc3ccccc3)cc2)cn1. The maximum Gasteiger partial charge on any atom is 0.289 e. The molecule has 3 aromatic rings. The van der Waals surface area contributed by atoms with Crippen LogP contribution in [0.1, 0.15) is 21.7 Å². The predicted molar refractivity (Wildman–Crippen MR) is 105 cm³/mol. The van der Waals surface area contributed by atoms with Gasteiger partial charge in [-0.05, 0) is 36.8 Å². The Morgan fingerprint density at radius 1 is 0.862 bits per heavy atom. The Bertz CT molecular complexity index is 945. The third kappa shape index (κ3) is 6.31. The summed E-state index contributed by atoms with van der Waals surface area (Å²) in [5.41, 5.74) is 6.38. The summed E-state index contributed by atoms with van der Waals surface area (Å²) in [4.78, 5) is 31.6. The smallest absolute Gasteiger partial charge is 0.289 e. The molecule has 0 atom stereocenters. The van der Waals surface area contributed by atoms with E-state index in [0.29, 0.717) is 23.8 Å². The molecular formula is C21H20N4O4. The number of aryl methyl sites for hydroxylation is 1. The average molecular weight is 392 g/mol. The zero-order valence-corrected chi connectivity index (χ0v) is 15.8. The van der Waals surface area contributed by atoms with Crippen molar-refractivity contribution in [2.45, 2.75) is 13.5 Å². The third-order valence-electron chi connectivity index (χ3n) is 3.77. The number of hydrazine groups is 1. The molecule has 148 valence electrons. The van der Waals surface area contributed by atoms with Crippen LogP contribution in [0.2, 0.25) is 0 Å². The molecule has 0 bridgehead atoms. The summed E-state index contributed by atoms with van der Waals surface area (Å²) >= 11 is 0. The molecule has 0 fully saturated rings. The lowest BCUT2D eigenvalue weighted by Gasteiger charge is -2.10. The van der Waals surface area contributed by atoms with Crippen molar-refractivity contribution in [3.05, 3.63) is 83.9 Å². The van der Waals surface area contributed by atoms with Crippen molar-refractivity contribution < 1.29 is 19.1 Å². The van der Waals surface area contributed by atoms with Crippen molar-refractivity contribution in [1.29, 1.82) is 0 Å². The van der Waals surface area contributed by atoms with Gasteiger partial charge in [0.15, 0.2) is 6.61 Å². The first-order valence-electron chi connectivity index (χ1n) is 8.87. The van der Waals surface area contributed by atoms with Gasteiger partial charge in [-0.3, -0.25) is 25.4 Å². The van der Waals surface area contributed by atoms with Crippen LogP contribution >= 0.6 is 0 Å². The number of amides is 2. The van der Waals surface area contributed by atoms with Gasteiger partial charge in [0.1, 0.15) is 23.8 Å². The fraction of sp³-hybridized carbons (Fsp3) is 0.143. The maximum atomic E-state index is 11.9. The summed E-state index contributed by atoms with van der Waals surface area (Å²) in [6, 6.07) is 16.8. The maximum absolute atomic E-state index is 11.9. The van der Waals surface area contributed by atoms with Gasteiger partial charge in [-0.15, -0.1) is 0 Å². The highest BCUT2D eigenvalue weighted by Gasteiger charge is 2.09. The van der Waals surface area contributed by atoms with E-state index in [1.165, 1.54) is 12.4 Å². The Hall–Kier alpha value is -3.94. The van der Waals surface area contributed by atoms with Crippen LogP contribution in [0.15, 0.2) is 67.0 Å². The fourth-order valence-corrected chi connectivity index (χ4v) is 2.26. The zero-order valence-electron chi connectivity index (χ0n) is 15.8. The van der Waals surface area contributed by atoms with Gasteiger partial charge in [0.25, 0.3) is 11.8 Å². The van der Waals surface area contributed by atoms with Gasteiger partial charge in [0.05, 0.1) is 11.9 Å². The molecule has 0 aliphatic heterocycles. The summed E-state index contributed by atoms with van der Waals surface area (Å²) in [5, 5.41) is 0. The number of hydrogen-bond acceptors (Lipinski definition) is 6. The molecular weight excluding hydrogens is 372 g/mol. The summed E-state index contributed by atoms with van der Waals surface area (Å²) in [7, 11) is 0. The van der Waals surface area contributed by atoms with E-state index in [2.05, 4.69) is 20.8 Å². The highest BCUT2D eigenvalue weighted by atomic mass is 16.5. The number of benzene rings is 2. The van der Waals surface area contributed by atoms with E-state index in [1.54, 1.807) is 31.2 Å². The molecule has 0 unspecified atom stereocenters. The van der Waals surface area contributed by atoms with E-state index >= 15 is 0 Å². The van der Waals surface area contributed by atoms with E-state index in [0.717, 1.165) is 5.56 Å².